The van der Waals surface area contributed by atoms with Gasteiger partial charge < -0.3 is 5.32 Å². The Bertz CT molecular complexity index is 455. The Morgan fingerprint density at radius 2 is 1.81 bits per heavy atom. The lowest BCUT2D eigenvalue weighted by molar-refractivity contribution is 0.172. The Hall–Kier alpha value is -0.480. The topological polar surface area (TPSA) is 12.0 Å². The Balaban J connectivity index is 2.38. The Kier molecular flexibility index (Phi) is 6.18. The largest absolute Gasteiger partial charge is 0.310 e. The zero-order valence-electron chi connectivity index (χ0n) is 12.8. The van der Waals surface area contributed by atoms with Crippen LogP contribution in [0.5, 0.6) is 0 Å². The maximum Gasteiger partial charge on any atom is 0.132 e. The third-order valence-electron chi connectivity index (χ3n) is 4.70. The highest BCUT2D eigenvalue weighted by atomic mass is 79.9. The summed E-state index contributed by atoms with van der Waals surface area (Å²) in [4.78, 5) is 0. The molecule has 0 heterocycles. The first-order valence-electron chi connectivity index (χ1n) is 7.96. The molecule has 1 nitrogen and oxygen atoms in total. The summed E-state index contributed by atoms with van der Waals surface area (Å²) >= 11 is 3.16. The average molecular weight is 360 g/mol. The van der Waals surface area contributed by atoms with Crippen LogP contribution in [0, 0.1) is 23.5 Å². The molecule has 0 saturated heterocycles. The molecule has 3 unspecified atom stereocenters. The van der Waals surface area contributed by atoms with Crippen LogP contribution >= 0.6 is 15.9 Å². The van der Waals surface area contributed by atoms with Gasteiger partial charge in [0.15, 0.2) is 0 Å². The first-order valence-corrected chi connectivity index (χ1v) is 8.75. The highest BCUT2D eigenvalue weighted by molar-refractivity contribution is 9.10. The molecule has 118 valence electrons. The zero-order chi connectivity index (χ0) is 15.4. The summed E-state index contributed by atoms with van der Waals surface area (Å²) in [5.41, 5.74) is 0.213. The van der Waals surface area contributed by atoms with Crippen LogP contribution in [0.2, 0.25) is 0 Å². The van der Waals surface area contributed by atoms with E-state index in [2.05, 4.69) is 28.2 Å². The molecule has 0 amide bonds. The van der Waals surface area contributed by atoms with Gasteiger partial charge in [-0.05, 0) is 36.9 Å². The van der Waals surface area contributed by atoms with Gasteiger partial charge in [-0.3, -0.25) is 0 Å². The maximum absolute atomic E-state index is 14.4. The predicted octanol–water partition coefficient (Wildman–Crippen LogP) is 5.59. The van der Waals surface area contributed by atoms with Gasteiger partial charge in [0.25, 0.3) is 0 Å². The van der Waals surface area contributed by atoms with E-state index in [1.807, 2.05) is 6.92 Å². The molecule has 2 rings (SSSR count). The molecule has 21 heavy (non-hydrogen) atoms. The van der Waals surface area contributed by atoms with Crippen molar-refractivity contribution in [2.45, 2.75) is 52.0 Å². The Labute approximate surface area is 134 Å². The minimum Gasteiger partial charge on any atom is -0.310 e. The van der Waals surface area contributed by atoms with Crippen molar-refractivity contribution in [3.63, 3.8) is 0 Å². The number of halogens is 3. The summed E-state index contributed by atoms with van der Waals surface area (Å²) in [6, 6.07) is 2.51. The van der Waals surface area contributed by atoms with Gasteiger partial charge in [0.2, 0.25) is 0 Å². The molecule has 0 aliphatic heterocycles. The lowest BCUT2D eigenvalue weighted by atomic mass is 9.72. The van der Waals surface area contributed by atoms with Crippen LogP contribution in [0.1, 0.15) is 57.6 Å². The lowest BCUT2D eigenvalue weighted by Gasteiger charge is -2.37. The highest BCUT2D eigenvalue weighted by Gasteiger charge is 2.34. The van der Waals surface area contributed by atoms with Gasteiger partial charge in [-0.1, -0.05) is 55.5 Å². The molecule has 0 aromatic heterocycles. The van der Waals surface area contributed by atoms with Crippen molar-refractivity contribution in [3.05, 3.63) is 33.8 Å². The van der Waals surface area contributed by atoms with E-state index < -0.39 is 11.6 Å². The van der Waals surface area contributed by atoms with E-state index in [1.54, 1.807) is 0 Å². The van der Waals surface area contributed by atoms with Crippen LogP contribution in [0.3, 0.4) is 0 Å². The number of hydrogen-bond acceptors (Lipinski definition) is 1. The van der Waals surface area contributed by atoms with Crippen molar-refractivity contribution >= 4 is 15.9 Å². The molecule has 1 aliphatic rings. The fourth-order valence-electron chi connectivity index (χ4n) is 3.72. The summed E-state index contributed by atoms with van der Waals surface area (Å²) in [6.45, 7) is 4.89. The third-order valence-corrected chi connectivity index (χ3v) is 5.16. The van der Waals surface area contributed by atoms with E-state index in [-0.39, 0.29) is 11.6 Å². The lowest BCUT2D eigenvalue weighted by Crippen LogP contribution is -2.35. The second-order valence-electron chi connectivity index (χ2n) is 5.94. The SMILES string of the molecule is CCNC(c1c(F)cc(Br)cc1F)C1CCCCC1CC. The van der Waals surface area contributed by atoms with Gasteiger partial charge >= 0.3 is 0 Å². The fraction of sp³-hybridized carbons (Fsp3) is 0.647. The number of rotatable bonds is 5. The van der Waals surface area contributed by atoms with Crippen molar-refractivity contribution < 1.29 is 8.78 Å². The average Bonchev–Trinajstić information content (AvgIpc) is 2.45. The molecule has 1 fully saturated rings. The Morgan fingerprint density at radius 1 is 1.19 bits per heavy atom. The molecular weight excluding hydrogens is 336 g/mol. The summed E-state index contributed by atoms with van der Waals surface area (Å²) < 4.78 is 29.2. The van der Waals surface area contributed by atoms with Crippen molar-refractivity contribution in [3.8, 4) is 0 Å². The van der Waals surface area contributed by atoms with Gasteiger partial charge in [0.05, 0.1) is 0 Å². The summed E-state index contributed by atoms with van der Waals surface area (Å²) in [5.74, 6) is -0.0411. The molecule has 1 aromatic carbocycles. The number of benzene rings is 1. The van der Waals surface area contributed by atoms with Crippen molar-refractivity contribution in [1.29, 1.82) is 0 Å². The van der Waals surface area contributed by atoms with Gasteiger partial charge in [0.1, 0.15) is 11.6 Å². The van der Waals surface area contributed by atoms with Crippen molar-refractivity contribution in [2.24, 2.45) is 11.8 Å². The van der Waals surface area contributed by atoms with Gasteiger partial charge in [-0.25, -0.2) is 8.78 Å². The first-order chi connectivity index (χ1) is 10.1. The van der Waals surface area contributed by atoms with Gasteiger partial charge in [0, 0.05) is 16.1 Å². The van der Waals surface area contributed by atoms with Crippen LogP contribution in [-0.2, 0) is 0 Å². The van der Waals surface area contributed by atoms with Crippen molar-refractivity contribution in [1.82, 2.24) is 5.32 Å². The van der Waals surface area contributed by atoms with Crippen LogP contribution < -0.4 is 5.32 Å². The van der Waals surface area contributed by atoms with E-state index in [1.165, 1.54) is 25.0 Å². The normalized spacial score (nSPS) is 24.0. The number of hydrogen-bond donors (Lipinski definition) is 1. The molecule has 0 bridgehead atoms. The number of nitrogens with one attached hydrogen (secondary N) is 1. The molecule has 1 aromatic rings. The van der Waals surface area contributed by atoms with E-state index in [4.69, 9.17) is 0 Å². The molecule has 1 aliphatic carbocycles. The smallest absolute Gasteiger partial charge is 0.132 e. The predicted molar refractivity (Wildman–Crippen MR) is 86.2 cm³/mol. The molecule has 3 atom stereocenters. The Morgan fingerprint density at radius 3 is 2.38 bits per heavy atom. The van der Waals surface area contributed by atoms with E-state index in [0.29, 0.717) is 22.9 Å². The first kappa shape index (κ1) is 16.9. The maximum atomic E-state index is 14.4. The van der Waals surface area contributed by atoms with Gasteiger partial charge in [-0.15, -0.1) is 0 Å². The second kappa shape index (κ2) is 7.68. The quantitative estimate of drug-likeness (QED) is 0.721. The van der Waals surface area contributed by atoms with Crippen LogP contribution in [0.4, 0.5) is 8.78 Å². The second-order valence-corrected chi connectivity index (χ2v) is 6.85. The van der Waals surface area contributed by atoms with Crippen molar-refractivity contribution in [2.75, 3.05) is 6.54 Å². The monoisotopic (exact) mass is 359 g/mol. The van der Waals surface area contributed by atoms with Crippen LogP contribution in [0.25, 0.3) is 0 Å². The summed E-state index contributed by atoms with van der Waals surface area (Å²) in [7, 11) is 0. The van der Waals surface area contributed by atoms with Crippen LogP contribution in [0.15, 0.2) is 16.6 Å². The molecular formula is C17H24BrF2N. The van der Waals surface area contributed by atoms with E-state index >= 15 is 0 Å². The molecule has 0 radical (unpaired) electrons. The molecule has 1 saturated carbocycles. The molecule has 0 spiro atoms. The standard InChI is InChI=1S/C17H24BrF2N/c1-3-11-7-5-6-8-13(11)17(21-4-2)16-14(19)9-12(18)10-15(16)20/h9-11,13,17,21H,3-8H2,1-2H3. The summed E-state index contributed by atoms with van der Waals surface area (Å²) in [6.07, 6.45) is 5.68. The molecule has 4 heteroatoms. The minimum atomic E-state index is -0.451. The van der Waals surface area contributed by atoms with Gasteiger partial charge in [-0.2, -0.15) is 0 Å². The van der Waals surface area contributed by atoms with E-state index in [0.717, 1.165) is 19.3 Å². The highest BCUT2D eigenvalue weighted by Crippen LogP contribution is 2.41. The third kappa shape index (κ3) is 3.84. The minimum absolute atomic E-state index is 0.213. The van der Waals surface area contributed by atoms with Crippen LogP contribution in [-0.4, -0.2) is 6.54 Å². The zero-order valence-corrected chi connectivity index (χ0v) is 14.3. The fourth-order valence-corrected chi connectivity index (χ4v) is 4.12. The van der Waals surface area contributed by atoms with E-state index in [9.17, 15) is 8.78 Å². The summed E-state index contributed by atoms with van der Waals surface area (Å²) in [5, 5.41) is 3.34. The molecule has 1 N–H and O–H groups in total.